The van der Waals surface area contributed by atoms with Crippen LogP contribution in [0.15, 0.2) is 59.5 Å². The molecule has 1 aliphatic rings. The molecule has 1 fully saturated rings. The summed E-state index contributed by atoms with van der Waals surface area (Å²) in [6, 6.07) is 15.7. The van der Waals surface area contributed by atoms with Crippen LogP contribution in [-0.4, -0.2) is 55.5 Å². The maximum absolute atomic E-state index is 12.6. The van der Waals surface area contributed by atoms with Gasteiger partial charge in [-0.2, -0.15) is 4.31 Å². The monoisotopic (exact) mass is 458 g/mol. The van der Waals surface area contributed by atoms with Gasteiger partial charge in [0.15, 0.2) is 0 Å². The number of carbonyl (C=O) groups excluding carboxylic acids is 3. The molecule has 0 saturated carbocycles. The van der Waals surface area contributed by atoms with E-state index in [4.69, 9.17) is 0 Å². The van der Waals surface area contributed by atoms with Crippen molar-refractivity contribution in [3.8, 4) is 0 Å². The summed E-state index contributed by atoms with van der Waals surface area (Å²) in [5.41, 5.74) is 6.40. The number of likely N-dealkylation sites (N-methyl/N-ethyl adjacent to an activating group) is 1. The third-order valence-corrected chi connectivity index (χ3v) is 7.04. The van der Waals surface area contributed by atoms with Crippen molar-refractivity contribution in [1.29, 1.82) is 0 Å². The molecule has 1 heterocycles. The number of hydrazine groups is 1. The van der Waals surface area contributed by atoms with Crippen LogP contribution < -0.4 is 10.9 Å². The second kappa shape index (κ2) is 9.92. The van der Waals surface area contributed by atoms with Crippen LogP contribution in [0, 0.1) is 12.8 Å². The van der Waals surface area contributed by atoms with Crippen LogP contribution >= 0.6 is 0 Å². The zero-order valence-electron chi connectivity index (χ0n) is 17.9. The van der Waals surface area contributed by atoms with Crippen molar-refractivity contribution >= 4 is 27.7 Å². The molecule has 1 atom stereocenters. The fourth-order valence-corrected chi connectivity index (χ4v) is 4.48. The molecule has 3 amide bonds. The molecule has 2 aromatic rings. The molecule has 2 aromatic carbocycles. The van der Waals surface area contributed by atoms with Gasteiger partial charge in [0.2, 0.25) is 21.8 Å². The Morgan fingerprint density at radius 1 is 1.06 bits per heavy atom. The Morgan fingerprint density at radius 2 is 1.72 bits per heavy atom. The van der Waals surface area contributed by atoms with Crippen LogP contribution in [0.3, 0.4) is 0 Å². The highest BCUT2D eigenvalue weighted by molar-refractivity contribution is 7.89. The maximum atomic E-state index is 12.6. The van der Waals surface area contributed by atoms with Gasteiger partial charge in [-0.3, -0.25) is 25.2 Å². The summed E-state index contributed by atoms with van der Waals surface area (Å²) in [4.78, 5) is 38.5. The normalized spacial score (nSPS) is 16.3. The number of nitrogens with zero attached hydrogens (tertiary/aromatic N) is 2. The average molecular weight is 459 g/mol. The van der Waals surface area contributed by atoms with E-state index in [0.717, 1.165) is 15.4 Å². The molecule has 170 valence electrons. The predicted octanol–water partition coefficient (Wildman–Crippen LogP) is 0.812. The SMILES string of the molecule is Cc1ccc(S(=O)(=O)N(C)CC(=O)NNC(=O)[C@H]2CC(=O)N(Cc3ccccc3)C2)cc1. The van der Waals surface area contributed by atoms with E-state index in [1.807, 2.05) is 37.3 Å². The lowest BCUT2D eigenvalue weighted by Gasteiger charge is -2.18. The minimum atomic E-state index is -3.84. The number of rotatable bonds is 7. The van der Waals surface area contributed by atoms with E-state index < -0.39 is 34.3 Å². The van der Waals surface area contributed by atoms with Gasteiger partial charge in [-0.25, -0.2) is 8.42 Å². The van der Waals surface area contributed by atoms with Gasteiger partial charge in [0, 0.05) is 26.6 Å². The van der Waals surface area contributed by atoms with Crippen LogP contribution in [0.25, 0.3) is 0 Å². The lowest BCUT2D eigenvalue weighted by Crippen LogP contribution is -2.48. The maximum Gasteiger partial charge on any atom is 0.253 e. The fourth-order valence-electron chi connectivity index (χ4n) is 3.35. The van der Waals surface area contributed by atoms with Crippen LogP contribution in [0.2, 0.25) is 0 Å². The molecule has 32 heavy (non-hydrogen) atoms. The lowest BCUT2D eigenvalue weighted by molar-refractivity contribution is -0.131. The van der Waals surface area contributed by atoms with Gasteiger partial charge < -0.3 is 4.90 Å². The molecule has 1 aliphatic heterocycles. The standard InChI is InChI=1S/C22H26N4O5S/c1-16-8-10-19(11-9-16)32(30,31)25(2)15-20(27)23-24-22(29)18-12-21(28)26(14-18)13-17-6-4-3-5-7-17/h3-11,18H,12-15H2,1-2H3,(H,23,27)(H,24,29)/t18-/m0/s1. The molecular formula is C22H26N4O5S. The highest BCUT2D eigenvalue weighted by atomic mass is 32.2. The summed E-state index contributed by atoms with van der Waals surface area (Å²) >= 11 is 0. The molecule has 1 saturated heterocycles. The van der Waals surface area contributed by atoms with E-state index in [9.17, 15) is 22.8 Å². The minimum Gasteiger partial charge on any atom is -0.338 e. The Morgan fingerprint density at radius 3 is 2.38 bits per heavy atom. The molecule has 3 rings (SSSR count). The van der Waals surface area contributed by atoms with E-state index in [1.54, 1.807) is 17.0 Å². The van der Waals surface area contributed by atoms with Gasteiger partial charge in [0.05, 0.1) is 17.4 Å². The van der Waals surface area contributed by atoms with Gasteiger partial charge >= 0.3 is 0 Å². The third kappa shape index (κ3) is 5.71. The molecule has 2 N–H and O–H groups in total. The molecular weight excluding hydrogens is 432 g/mol. The number of amides is 3. The molecule has 10 heteroatoms. The molecule has 0 spiro atoms. The quantitative estimate of drug-likeness (QED) is 0.596. The smallest absolute Gasteiger partial charge is 0.253 e. The molecule has 0 aliphatic carbocycles. The molecule has 0 aromatic heterocycles. The Hall–Kier alpha value is -3.24. The van der Waals surface area contributed by atoms with Crippen molar-refractivity contribution in [1.82, 2.24) is 20.1 Å². The van der Waals surface area contributed by atoms with Crippen molar-refractivity contribution in [2.75, 3.05) is 20.1 Å². The molecule has 0 radical (unpaired) electrons. The van der Waals surface area contributed by atoms with Crippen molar-refractivity contribution in [3.63, 3.8) is 0 Å². The van der Waals surface area contributed by atoms with Gasteiger partial charge in [-0.1, -0.05) is 48.0 Å². The van der Waals surface area contributed by atoms with Crippen LogP contribution in [-0.2, 0) is 31.0 Å². The summed E-state index contributed by atoms with van der Waals surface area (Å²) in [5.74, 6) is -1.92. The molecule has 9 nitrogen and oxygen atoms in total. The first kappa shape index (κ1) is 23.4. The topological polar surface area (TPSA) is 116 Å². The fraction of sp³-hybridized carbons (Fsp3) is 0.318. The van der Waals surface area contributed by atoms with E-state index in [0.29, 0.717) is 6.54 Å². The zero-order chi connectivity index (χ0) is 23.3. The molecule has 0 unspecified atom stereocenters. The van der Waals surface area contributed by atoms with Gasteiger partial charge in [0.25, 0.3) is 5.91 Å². The summed E-state index contributed by atoms with van der Waals surface area (Å²) < 4.78 is 26.0. The second-order valence-electron chi connectivity index (χ2n) is 7.77. The Labute approximate surface area is 187 Å². The van der Waals surface area contributed by atoms with Crippen LogP contribution in [0.1, 0.15) is 17.5 Å². The van der Waals surface area contributed by atoms with Gasteiger partial charge in [0.1, 0.15) is 0 Å². The highest BCUT2D eigenvalue weighted by Crippen LogP contribution is 2.20. The summed E-state index contributed by atoms with van der Waals surface area (Å²) in [5, 5.41) is 0. The number of benzene rings is 2. The number of likely N-dealkylation sites (tertiary alicyclic amines) is 1. The summed E-state index contributed by atoms with van der Waals surface area (Å²) in [6.45, 7) is 2.03. The van der Waals surface area contributed by atoms with E-state index in [-0.39, 0.29) is 23.8 Å². The van der Waals surface area contributed by atoms with Crippen LogP contribution in [0.4, 0.5) is 0 Å². The van der Waals surface area contributed by atoms with Crippen molar-refractivity contribution in [2.45, 2.75) is 24.8 Å². The van der Waals surface area contributed by atoms with E-state index in [1.165, 1.54) is 19.2 Å². The van der Waals surface area contributed by atoms with Gasteiger partial charge in [-0.05, 0) is 24.6 Å². The number of nitrogens with one attached hydrogen (secondary N) is 2. The number of aryl methyl sites for hydroxylation is 1. The largest absolute Gasteiger partial charge is 0.338 e. The van der Waals surface area contributed by atoms with Crippen LogP contribution in [0.5, 0.6) is 0 Å². The third-order valence-electron chi connectivity index (χ3n) is 5.22. The lowest BCUT2D eigenvalue weighted by atomic mass is 10.1. The number of carbonyl (C=O) groups is 3. The zero-order valence-corrected chi connectivity index (χ0v) is 18.8. The first-order chi connectivity index (χ1) is 15.2. The van der Waals surface area contributed by atoms with Crippen molar-refractivity contribution in [2.24, 2.45) is 5.92 Å². The van der Waals surface area contributed by atoms with E-state index in [2.05, 4.69) is 10.9 Å². The summed E-state index contributed by atoms with van der Waals surface area (Å²) in [7, 11) is -2.56. The van der Waals surface area contributed by atoms with Crippen molar-refractivity contribution < 1.29 is 22.8 Å². The number of hydrogen-bond donors (Lipinski definition) is 2. The number of sulfonamides is 1. The highest BCUT2D eigenvalue weighted by Gasteiger charge is 2.34. The van der Waals surface area contributed by atoms with Crippen molar-refractivity contribution in [3.05, 3.63) is 65.7 Å². The first-order valence-corrected chi connectivity index (χ1v) is 11.5. The predicted molar refractivity (Wildman–Crippen MR) is 117 cm³/mol. The summed E-state index contributed by atoms with van der Waals surface area (Å²) in [6.07, 6.45) is 0.0518. The Bertz CT molecular complexity index is 1090. The van der Waals surface area contributed by atoms with Gasteiger partial charge in [-0.15, -0.1) is 0 Å². The Balaban J connectivity index is 1.48. The average Bonchev–Trinajstić information content (AvgIpc) is 3.13. The second-order valence-corrected chi connectivity index (χ2v) is 9.82. The first-order valence-electron chi connectivity index (χ1n) is 10.1. The number of hydrogen-bond acceptors (Lipinski definition) is 5. The minimum absolute atomic E-state index is 0.0518. The molecule has 0 bridgehead atoms. The Kier molecular flexibility index (Phi) is 7.26. The van der Waals surface area contributed by atoms with E-state index >= 15 is 0 Å².